The normalized spacial score (nSPS) is 10.9. The molecule has 0 aliphatic heterocycles. The molecule has 2 amide bonds. The lowest BCUT2D eigenvalue weighted by Gasteiger charge is -2.11. The molecule has 158 valence electrons. The Morgan fingerprint density at radius 3 is 2.31 bits per heavy atom. The number of nitrogens with one attached hydrogen (secondary N) is 2. The summed E-state index contributed by atoms with van der Waals surface area (Å²) in [6, 6.07) is 20.6. The monoisotopic (exact) mass is 426 g/mol. The van der Waals surface area contributed by atoms with E-state index in [2.05, 4.69) is 20.6 Å². The number of furan rings is 1. The Bertz CT molecular complexity index is 1210. The average molecular weight is 426 g/mol. The van der Waals surface area contributed by atoms with Crippen LogP contribution in [0.1, 0.15) is 16.1 Å². The van der Waals surface area contributed by atoms with Gasteiger partial charge in [0.25, 0.3) is 11.8 Å². The summed E-state index contributed by atoms with van der Waals surface area (Å²) in [5.74, 6) is 0.0176. The zero-order valence-corrected chi connectivity index (χ0v) is 16.8. The highest BCUT2D eigenvalue weighted by Gasteiger charge is 2.15. The van der Waals surface area contributed by atoms with Crippen LogP contribution in [0.5, 0.6) is 11.8 Å². The predicted molar refractivity (Wildman–Crippen MR) is 118 cm³/mol. The maximum absolute atomic E-state index is 12.9. The van der Waals surface area contributed by atoms with Crippen LogP contribution in [-0.2, 0) is 4.79 Å². The first-order valence-electron chi connectivity index (χ1n) is 9.65. The van der Waals surface area contributed by atoms with Crippen LogP contribution in [0.2, 0.25) is 0 Å². The third kappa shape index (κ3) is 5.45. The molecule has 0 bridgehead atoms. The van der Waals surface area contributed by atoms with E-state index in [0.717, 1.165) is 0 Å². The molecule has 0 saturated heterocycles. The minimum Gasteiger partial charge on any atom is -0.465 e. The van der Waals surface area contributed by atoms with Gasteiger partial charge in [0.05, 0.1) is 6.26 Å². The summed E-state index contributed by atoms with van der Waals surface area (Å²) in [6.07, 6.45) is 6.09. The Balaban J connectivity index is 1.48. The summed E-state index contributed by atoms with van der Waals surface area (Å²) in [4.78, 5) is 33.5. The highest BCUT2D eigenvalue weighted by molar-refractivity contribution is 6.10. The van der Waals surface area contributed by atoms with Gasteiger partial charge in [-0.1, -0.05) is 18.2 Å². The van der Waals surface area contributed by atoms with Gasteiger partial charge in [0.2, 0.25) is 0 Å². The molecule has 0 saturated carbocycles. The van der Waals surface area contributed by atoms with Crippen molar-refractivity contribution in [1.29, 1.82) is 0 Å². The first kappa shape index (κ1) is 20.5. The summed E-state index contributed by atoms with van der Waals surface area (Å²) in [7, 11) is 0. The largest absolute Gasteiger partial charge is 0.465 e. The molecule has 0 aliphatic carbocycles. The topological polar surface area (TPSA) is 106 Å². The standard InChI is InChI=1S/C24H18N4O4/c29-22(17-6-2-1-3-7-17)28-21(16-20-8-4-15-31-20)23(30)27-18-9-11-19(12-10-18)32-24-25-13-5-14-26-24/h1-16H,(H,27,30)(H,28,29). The van der Waals surface area contributed by atoms with E-state index in [4.69, 9.17) is 9.15 Å². The Labute approximate surface area is 183 Å². The summed E-state index contributed by atoms with van der Waals surface area (Å²) in [6.45, 7) is 0. The Hall–Kier alpha value is -4.72. The third-order valence-corrected chi connectivity index (χ3v) is 4.22. The molecule has 2 aromatic carbocycles. The number of rotatable bonds is 7. The van der Waals surface area contributed by atoms with Crippen LogP contribution in [0.25, 0.3) is 6.08 Å². The fourth-order valence-electron chi connectivity index (χ4n) is 2.71. The Morgan fingerprint density at radius 2 is 1.62 bits per heavy atom. The number of benzene rings is 2. The molecule has 32 heavy (non-hydrogen) atoms. The van der Waals surface area contributed by atoms with E-state index >= 15 is 0 Å². The van der Waals surface area contributed by atoms with Gasteiger partial charge in [-0.3, -0.25) is 9.59 Å². The minimum absolute atomic E-state index is 0.0341. The second kappa shape index (κ2) is 9.86. The van der Waals surface area contributed by atoms with E-state index in [1.807, 2.05) is 0 Å². The van der Waals surface area contributed by atoms with Gasteiger partial charge in [0.15, 0.2) is 0 Å². The number of carbonyl (C=O) groups is 2. The molecular weight excluding hydrogens is 408 g/mol. The van der Waals surface area contributed by atoms with E-state index in [1.165, 1.54) is 12.3 Å². The molecule has 0 radical (unpaired) electrons. The van der Waals surface area contributed by atoms with E-state index in [-0.39, 0.29) is 11.7 Å². The van der Waals surface area contributed by atoms with Crippen molar-refractivity contribution >= 4 is 23.6 Å². The van der Waals surface area contributed by atoms with Gasteiger partial charge in [0.1, 0.15) is 17.2 Å². The van der Waals surface area contributed by atoms with Crippen molar-refractivity contribution in [3.63, 3.8) is 0 Å². The Kier molecular flexibility index (Phi) is 6.33. The van der Waals surface area contributed by atoms with Crippen LogP contribution in [-0.4, -0.2) is 21.8 Å². The van der Waals surface area contributed by atoms with Gasteiger partial charge in [-0.15, -0.1) is 0 Å². The van der Waals surface area contributed by atoms with Crippen molar-refractivity contribution in [2.75, 3.05) is 5.32 Å². The smallest absolute Gasteiger partial charge is 0.321 e. The maximum Gasteiger partial charge on any atom is 0.321 e. The first-order chi connectivity index (χ1) is 15.7. The van der Waals surface area contributed by atoms with E-state index in [0.29, 0.717) is 22.8 Å². The molecule has 4 rings (SSSR count). The number of hydrogen-bond donors (Lipinski definition) is 2. The number of aromatic nitrogens is 2. The molecule has 0 unspecified atom stereocenters. The fourth-order valence-corrected chi connectivity index (χ4v) is 2.71. The van der Waals surface area contributed by atoms with Crippen LogP contribution >= 0.6 is 0 Å². The maximum atomic E-state index is 12.9. The zero-order valence-electron chi connectivity index (χ0n) is 16.8. The molecule has 4 aromatic rings. The van der Waals surface area contributed by atoms with Gasteiger partial charge >= 0.3 is 6.01 Å². The molecule has 0 atom stereocenters. The summed E-state index contributed by atoms with van der Waals surface area (Å²) < 4.78 is 10.8. The SMILES string of the molecule is O=C(Nc1ccc(Oc2ncccn2)cc1)C(=Cc1ccco1)NC(=O)c1ccccc1. The highest BCUT2D eigenvalue weighted by Crippen LogP contribution is 2.20. The molecule has 2 heterocycles. The van der Waals surface area contributed by atoms with Gasteiger partial charge < -0.3 is 19.8 Å². The van der Waals surface area contributed by atoms with Crippen molar-refractivity contribution in [2.24, 2.45) is 0 Å². The van der Waals surface area contributed by atoms with Crippen molar-refractivity contribution in [3.05, 3.63) is 108 Å². The van der Waals surface area contributed by atoms with Crippen molar-refractivity contribution < 1.29 is 18.7 Å². The molecule has 0 fully saturated rings. The number of nitrogens with zero attached hydrogens (tertiary/aromatic N) is 2. The Morgan fingerprint density at radius 1 is 0.875 bits per heavy atom. The van der Waals surface area contributed by atoms with E-state index in [1.54, 1.807) is 85.2 Å². The number of amides is 2. The summed E-state index contributed by atoms with van der Waals surface area (Å²) in [5.41, 5.74) is 0.970. The van der Waals surface area contributed by atoms with Gasteiger partial charge in [0, 0.05) is 29.7 Å². The second-order valence-corrected chi connectivity index (χ2v) is 6.51. The molecular formula is C24H18N4O4. The number of ether oxygens (including phenoxy) is 1. The van der Waals surface area contributed by atoms with Crippen LogP contribution in [0.3, 0.4) is 0 Å². The van der Waals surface area contributed by atoms with Crippen molar-refractivity contribution in [1.82, 2.24) is 15.3 Å². The van der Waals surface area contributed by atoms with E-state index < -0.39 is 11.8 Å². The average Bonchev–Trinajstić information content (AvgIpc) is 3.34. The summed E-state index contributed by atoms with van der Waals surface area (Å²) in [5, 5.41) is 5.40. The zero-order chi connectivity index (χ0) is 22.2. The molecule has 2 aromatic heterocycles. The van der Waals surface area contributed by atoms with Gasteiger partial charge in [-0.25, -0.2) is 9.97 Å². The molecule has 8 heteroatoms. The van der Waals surface area contributed by atoms with Gasteiger partial charge in [-0.05, 0) is 54.6 Å². The van der Waals surface area contributed by atoms with Crippen LogP contribution < -0.4 is 15.4 Å². The van der Waals surface area contributed by atoms with E-state index in [9.17, 15) is 9.59 Å². The number of carbonyl (C=O) groups excluding carboxylic acids is 2. The third-order valence-electron chi connectivity index (χ3n) is 4.22. The molecule has 0 spiro atoms. The lowest BCUT2D eigenvalue weighted by Crippen LogP contribution is -2.30. The van der Waals surface area contributed by atoms with Crippen molar-refractivity contribution in [3.8, 4) is 11.8 Å². The number of hydrogen-bond acceptors (Lipinski definition) is 6. The second-order valence-electron chi connectivity index (χ2n) is 6.51. The number of anilines is 1. The fraction of sp³-hybridized carbons (Fsp3) is 0. The molecule has 2 N–H and O–H groups in total. The van der Waals surface area contributed by atoms with Gasteiger partial charge in [-0.2, -0.15) is 0 Å². The quantitative estimate of drug-likeness (QED) is 0.428. The summed E-state index contributed by atoms with van der Waals surface area (Å²) >= 11 is 0. The predicted octanol–water partition coefficient (Wildman–Crippen LogP) is 4.27. The molecule has 0 aliphatic rings. The van der Waals surface area contributed by atoms with Crippen LogP contribution in [0.15, 0.2) is 102 Å². The lowest BCUT2D eigenvalue weighted by molar-refractivity contribution is -0.113. The van der Waals surface area contributed by atoms with Crippen LogP contribution in [0.4, 0.5) is 5.69 Å². The minimum atomic E-state index is -0.509. The molecule has 8 nitrogen and oxygen atoms in total. The first-order valence-corrected chi connectivity index (χ1v) is 9.65. The lowest BCUT2D eigenvalue weighted by atomic mass is 10.2. The highest BCUT2D eigenvalue weighted by atomic mass is 16.5. The van der Waals surface area contributed by atoms with Crippen LogP contribution in [0, 0.1) is 0 Å². The van der Waals surface area contributed by atoms with Crippen molar-refractivity contribution in [2.45, 2.75) is 0 Å².